The van der Waals surface area contributed by atoms with Gasteiger partial charge < -0.3 is 10.4 Å². The molecule has 0 amide bonds. The Kier molecular flexibility index (Phi) is 5.56. The Hall–Kier alpha value is -2.11. The molecule has 0 spiro atoms. The lowest BCUT2D eigenvalue weighted by atomic mass is 9.98. The van der Waals surface area contributed by atoms with Gasteiger partial charge in [0.2, 0.25) is 0 Å². The molecule has 0 aromatic heterocycles. The Balaban J connectivity index is 1.94. The normalized spacial score (nSPS) is 10.7. The zero-order valence-corrected chi connectivity index (χ0v) is 16.3. The summed E-state index contributed by atoms with van der Waals surface area (Å²) in [5.41, 5.74) is 3.37. The fourth-order valence-corrected chi connectivity index (χ4v) is 3.07. The summed E-state index contributed by atoms with van der Waals surface area (Å²) in [6.45, 7) is 0. The summed E-state index contributed by atoms with van der Waals surface area (Å²) < 4.78 is 2.05. The van der Waals surface area contributed by atoms with Crippen molar-refractivity contribution in [2.24, 2.45) is 0 Å². The van der Waals surface area contributed by atoms with Gasteiger partial charge in [0.25, 0.3) is 0 Å². The summed E-state index contributed by atoms with van der Waals surface area (Å²) in [5.74, 6) is -0.927. The van der Waals surface area contributed by atoms with E-state index < -0.39 is 5.97 Å². The molecular weight excluding hydrogens is 446 g/mol. The van der Waals surface area contributed by atoms with Crippen LogP contribution in [0.3, 0.4) is 0 Å². The molecule has 2 N–H and O–H groups in total. The summed E-state index contributed by atoms with van der Waals surface area (Å²) in [4.78, 5) is 11.0. The summed E-state index contributed by atoms with van der Waals surface area (Å²) in [6, 6.07) is 23.0. The Bertz CT molecular complexity index is 814. The van der Waals surface area contributed by atoms with Gasteiger partial charge in [0, 0.05) is 14.6 Å². The van der Waals surface area contributed by atoms with Gasteiger partial charge >= 0.3 is 5.97 Å². The van der Waals surface area contributed by atoms with Gasteiger partial charge in [0.15, 0.2) is 0 Å². The van der Waals surface area contributed by atoms with Crippen molar-refractivity contribution >= 4 is 43.5 Å². The molecule has 3 nitrogen and oxygen atoms in total. The minimum atomic E-state index is -0.927. The first-order valence-corrected chi connectivity index (χ1v) is 9.22. The van der Waals surface area contributed by atoms with Crippen LogP contribution in [0.1, 0.15) is 27.5 Å². The molecule has 3 aromatic carbocycles. The lowest BCUT2D eigenvalue weighted by Crippen LogP contribution is -2.12. The third kappa shape index (κ3) is 4.50. The molecule has 0 radical (unpaired) electrons. The van der Waals surface area contributed by atoms with Crippen LogP contribution in [0.5, 0.6) is 0 Å². The van der Waals surface area contributed by atoms with Gasteiger partial charge in [0.1, 0.15) is 0 Å². The van der Waals surface area contributed by atoms with E-state index in [1.54, 1.807) is 24.3 Å². The van der Waals surface area contributed by atoms with Crippen LogP contribution in [-0.4, -0.2) is 11.1 Å². The minimum absolute atomic E-state index is 0.0446. The second-order valence-electron chi connectivity index (χ2n) is 5.56. The molecule has 0 heterocycles. The molecular formula is C20H15Br2NO2. The number of benzene rings is 3. The Morgan fingerprint density at radius 1 is 0.760 bits per heavy atom. The summed E-state index contributed by atoms with van der Waals surface area (Å²) in [6.07, 6.45) is 0. The van der Waals surface area contributed by atoms with Crippen LogP contribution in [0.4, 0.5) is 5.69 Å². The predicted octanol–water partition coefficient (Wildman–Crippen LogP) is 6.11. The number of carboxylic acids is 1. The highest BCUT2D eigenvalue weighted by atomic mass is 79.9. The summed E-state index contributed by atoms with van der Waals surface area (Å²) in [7, 11) is 0. The van der Waals surface area contributed by atoms with Crippen LogP contribution >= 0.6 is 31.9 Å². The maximum absolute atomic E-state index is 11.0. The molecule has 126 valence electrons. The zero-order chi connectivity index (χ0) is 17.8. The molecule has 0 saturated heterocycles. The summed E-state index contributed by atoms with van der Waals surface area (Å²) >= 11 is 6.93. The first-order chi connectivity index (χ1) is 12.0. The number of carbonyl (C=O) groups is 1. The monoisotopic (exact) mass is 459 g/mol. The largest absolute Gasteiger partial charge is 0.478 e. The number of hydrogen-bond donors (Lipinski definition) is 2. The highest BCUT2D eigenvalue weighted by Gasteiger charge is 2.14. The lowest BCUT2D eigenvalue weighted by molar-refractivity contribution is 0.0697. The number of carboxylic acid groups (broad SMARTS) is 1. The van der Waals surface area contributed by atoms with Crippen molar-refractivity contribution in [1.29, 1.82) is 0 Å². The van der Waals surface area contributed by atoms with Gasteiger partial charge in [-0.25, -0.2) is 4.79 Å². The third-order valence-corrected chi connectivity index (χ3v) is 4.91. The number of rotatable bonds is 5. The second-order valence-corrected chi connectivity index (χ2v) is 7.39. The first kappa shape index (κ1) is 17.7. The smallest absolute Gasteiger partial charge is 0.335 e. The van der Waals surface area contributed by atoms with Crippen molar-refractivity contribution in [2.75, 3.05) is 5.32 Å². The van der Waals surface area contributed by atoms with Crippen molar-refractivity contribution in [2.45, 2.75) is 6.04 Å². The molecule has 0 aliphatic carbocycles. The van der Waals surface area contributed by atoms with Gasteiger partial charge in [-0.05, 0) is 59.7 Å². The number of hydrogen-bond acceptors (Lipinski definition) is 2. The number of nitrogens with one attached hydrogen (secondary N) is 1. The first-order valence-electron chi connectivity index (χ1n) is 7.64. The Morgan fingerprint density at radius 2 is 1.20 bits per heavy atom. The van der Waals surface area contributed by atoms with E-state index in [0.29, 0.717) is 0 Å². The molecule has 0 aliphatic heterocycles. The Morgan fingerprint density at radius 3 is 1.60 bits per heavy atom. The van der Waals surface area contributed by atoms with E-state index in [4.69, 9.17) is 5.11 Å². The van der Waals surface area contributed by atoms with Crippen molar-refractivity contribution < 1.29 is 9.90 Å². The van der Waals surface area contributed by atoms with E-state index >= 15 is 0 Å². The fourth-order valence-electron chi connectivity index (χ4n) is 2.55. The van der Waals surface area contributed by atoms with Crippen molar-refractivity contribution in [3.8, 4) is 0 Å². The van der Waals surface area contributed by atoms with Crippen LogP contribution in [-0.2, 0) is 0 Å². The van der Waals surface area contributed by atoms with E-state index in [-0.39, 0.29) is 11.6 Å². The van der Waals surface area contributed by atoms with Crippen molar-refractivity contribution in [1.82, 2.24) is 0 Å². The van der Waals surface area contributed by atoms with Crippen molar-refractivity contribution in [3.05, 3.63) is 98.4 Å². The highest BCUT2D eigenvalue weighted by molar-refractivity contribution is 9.10. The van der Waals surface area contributed by atoms with Crippen LogP contribution < -0.4 is 5.32 Å². The van der Waals surface area contributed by atoms with Gasteiger partial charge in [-0.1, -0.05) is 56.1 Å². The maximum Gasteiger partial charge on any atom is 0.335 e. The zero-order valence-electron chi connectivity index (χ0n) is 13.1. The molecule has 0 unspecified atom stereocenters. The number of aromatic carboxylic acids is 1. The van der Waals surface area contributed by atoms with E-state index in [2.05, 4.69) is 61.4 Å². The maximum atomic E-state index is 11.0. The van der Waals surface area contributed by atoms with Crippen molar-refractivity contribution in [3.63, 3.8) is 0 Å². The van der Waals surface area contributed by atoms with Gasteiger partial charge in [-0.2, -0.15) is 0 Å². The molecule has 0 saturated carbocycles. The number of halogens is 2. The van der Waals surface area contributed by atoms with Crippen LogP contribution in [0, 0.1) is 0 Å². The lowest BCUT2D eigenvalue weighted by Gasteiger charge is -2.21. The van der Waals surface area contributed by atoms with Crippen LogP contribution in [0.15, 0.2) is 81.7 Å². The van der Waals surface area contributed by atoms with Gasteiger partial charge in [-0.15, -0.1) is 0 Å². The van der Waals surface area contributed by atoms with Gasteiger partial charge in [-0.3, -0.25) is 0 Å². The Labute approximate surface area is 163 Å². The summed E-state index contributed by atoms with van der Waals surface area (Å²) in [5, 5.41) is 12.5. The molecule has 0 fully saturated rings. The average molecular weight is 461 g/mol. The van der Waals surface area contributed by atoms with E-state index in [1.807, 2.05) is 24.3 Å². The fraction of sp³-hybridized carbons (Fsp3) is 0.0500. The molecule has 0 atom stereocenters. The van der Waals surface area contributed by atoms with E-state index in [1.165, 1.54) is 0 Å². The third-order valence-electron chi connectivity index (χ3n) is 3.85. The molecule has 0 bridgehead atoms. The molecule has 0 aliphatic rings. The topological polar surface area (TPSA) is 49.3 Å². The standard InChI is InChI=1S/C20H15Br2NO2/c21-16-7-1-13(2-8-16)19(14-3-9-17(22)10-4-14)23-18-11-5-15(6-12-18)20(24)25/h1-12,19,23H,(H,24,25). The van der Waals surface area contributed by atoms with Crippen LogP contribution in [0.2, 0.25) is 0 Å². The van der Waals surface area contributed by atoms with E-state index in [9.17, 15) is 4.79 Å². The predicted molar refractivity (Wildman–Crippen MR) is 107 cm³/mol. The molecule has 25 heavy (non-hydrogen) atoms. The molecule has 3 aromatic rings. The average Bonchev–Trinajstić information content (AvgIpc) is 2.62. The SMILES string of the molecule is O=C(O)c1ccc(NC(c2ccc(Br)cc2)c2ccc(Br)cc2)cc1. The molecule has 5 heteroatoms. The second kappa shape index (κ2) is 7.85. The quantitative estimate of drug-likeness (QED) is 0.482. The minimum Gasteiger partial charge on any atom is -0.478 e. The van der Waals surface area contributed by atoms with Crippen LogP contribution in [0.25, 0.3) is 0 Å². The van der Waals surface area contributed by atoms with E-state index in [0.717, 1.165) is 25.8 Å². The number of anilines is 1. The van der Waals surface area contributed by atoms with Gasteiger partial charge in [0.05, 0.1) is 11.6 Å². The highest BCUT2D eigenvalue weighted by Crippen LogP contribution is 2.29. The molecule has 3 rings (SSSR count).